The zero-order chi connectivity index (χ0) is 13.1. The van der Waals surface area contributed by atoms with Gasteiger partial charge in [0.15, 0.2) is 0 Å². The molecule has 1 aromatic carbocycles. The van der Waals surface area contributed by atoms with Gasteiger partial charge >= 0.3 is 0 Å². The topological polar surface area (TPSA) is 3.24 Å². The van der Waals surface area contributed by atoms with Crippen LogP contribution in [0, 0.1) is 11.7 Å². The van der Waals surface area contributed by atoms with Crippen molar-refractivity contribution in [2.24, 2.45) is 5.92 Å². The SMILES string of the molecule is Fc1cccc2c1N(CCC1CCCCC1)C=CC2. The van der Waals surface area contributed by atoms with Crippen LogP contribution in [0.5, 0.6) is 0 Å². The van der Waals surface area contributed by atoms with Crippen molar-refractivity contribution >= 4 is 5.69 Å². The van der Waals surface area contributed by atoms with Gasteiger partial charge in [-0.1, -0.05) is 50.3 Å². The van der Waals surface area contributed by atoms with E-state index in [1.165, 1.54) is 38.5 Å². The lowest BCUT2D eigenvalue weighted by Crippen LogP contribution is -2.25. The van der Waals surface area contributed by atoms with E-state index in [1.54, 1.807) is 6.07 Å². The van der Waals surface area contributed by atoms with Crippen molar-refractivity contribution in [3.05, 3.63) is 41.9 Å². The first-order valence-corrected chi connectivity index (χ1v) is 7.55. The number of rotatable bonds is 3. The van der Waals surface area contributed by atoms with Crippen molar-refractivity contribution in [1.82, 2.24) is 0 Å². The highest BCUT2D eigenvalue weighted by atomic mass is 19.1. The van der Waals surface area contributed by atoms with Crippen LogP contribution in [0.15, 0.2) is 30.5 Å². The molecule has 0 saturated heterocycles. The van der Waals surface area contributed by atoms with Gasteiger partial charge in [-0.05, 0) is 30.4 Å². The number of benzene rings is 1. The lowest BCUT2D eigenvalue weighted by molar-refractivity contribution is 0.342. The van der Waals surface area contributed by atoms with Gasteiger partial charge in [-0.3, -0.25) is 0 Å². The lowest BCUT2D eigenvalue weighted by atomic mass is 9.87. The molecule has 3 rings (SSSR count). The molecule has 0 radical (unpaired) electrons. The van der Waals surface area contributed by atoms with Crippen molar-refractivity contribution in [3.8, 4) is 0 Å². The highest BCUT2D eigenvalue weighted by Gasteiger charge is 2.19. The zero-order valence-electron chi connectivity index (χ0n) is 11.4. The standard InChI is InChI=1S/C17H22FN/c18-16-10-4-8-15-9-5-12-19(17(15)16)13-11-14-6-2-1-3-7-14/h4-5,8,10,12,14H,1-3,6-7,9,11,13H2. The predicted molar refractivity (Wildman–Crippen MR) is 77.8 cm³/mol. The Hall–Kier alpha value is -1.31. The molecule has 0 N–H and O–H groups in total. The van der Waals surface area contributed by atoms with Gasteiger partial charge in [-0.25, -0.2) is 4.39 Å². The molecule has 1 fully saturated rings. The Balaban J connectivity index is 1.68. The van der Waals surface area contributed by atoms with E-state index in [2.05, 4.69) is 17.2 Å². The largest absolute Gasteiger partial charge is 0.346 e. The summed E-state index contributed by atoms with van der Waals surface area (Å²) in [5, 5.41) is 0. The summed E-state index contributed by atoms with van der Waals surface area (Å²) >= 11 is 0. The quantitative estimate of drug-likeness (QED) is 0.762. The molecule has 102 valence electrons. The summed E-state index contributed by atoms with van der Waals surface area (Å²) in [7, 11) is 0. The molecule has 1 saturated carbocycles. The molecule has 0 atom stereocenters. The minimum absolute atomic E-state index is 0.0782. The summed E-state index contributed by atoms with van der Waals surface area (Å²) in [5.41, 5.74) is 1.92. The third-order valence-electron chi connectivity index (χ3n) is 4.48. The van der Waals surface area contributed by atoms with Crippen LogP contribution < -0.4 is 4.90 Å². The normalized spacial score (nSPS) is 19.5. The first-order chi connectivity index (χ1) is 9.34. The third kappa shape index (κ3) is 2.83. The van der Waals surface area contributed by atoms with Gasteiger partial charge in [0.05, 0.1) is 5.69 Å². The molecule has 1 aliphatic carbocycles. The van der Waals surface area contributed by atoms with Gasteiger partial charge in [-0.15, -0.1) is 0 Å². The highest BCUT2D eigenvalue weighted by molar-refractivity contribution is 5.59. The summed E-state index contributed by atoms with van der Waals surface area (Å²) in [6, 6.07) is 5.42. The van der Waals surface area contributed by atoms with Crippen molar-refractivity contribution < 1.29 is 4.39 Å². The van der Waals surface area contributed by atoms with Crippen LogP contribution in [-0.4, -0.2) is 6.54 Å². The second kappa shape index (κ2) is 5.77. The fraction of sp³-hybridized carbons (Fsp3) is 0.529. The molecule has 0 aromatic heterocycles. The summed E-state index contributed by atoms with van der Waals surface area (Å²) in [4.78, 5) is 2.11. The van der Waals surface area contributed by atoms with Gasteiger partial charge in [0.2, 0.25) is 0 Å². The fourth-order valence-corrected chi connectivity index (χ4v) is 3.41. The number of allylic oxidation sites excluding steroid dienone is 1. The van der Waals surface area contributed by atoms with Gasteiger partial charge < -0.3 is 4.90 Å². The Labute approximate surface area is 115 Å². The van der Waals surface area contributed by atoms with E-state index in [4.69, 9.17) is 0 Å². The molecule has 1 heterocycles. The van der Waals surface area contributed by atoms with Crippen LogP contribution >= 0.6 is 0 Å². The van der Waals surface area contributed by atoms with Crippen molar-refractivity contribution in [2.45, 2.75) is 44.9 Å². The van der Waals surface area contributed by atoms with E-state index in [0.717, 1.165) is 30.1 Å². The number of hydrogen-bond acceptors (Lipinski definition) is 1. The Bertz CT molecular complexity index is 460. The Kier molecular flexibility index (Phi) is 3.86. The zero-order valence-corrected chi connectivity index (χ0v) is 11.4. The van der Waals surface area contributed by atoms with Crippen LogP contribution in [0.1, 0.15) is 44.1 Å². The summed E-state index contributed by atoms with van der Waals surface area (Å²) in [6.45, 7) is 0.953. The first-order valence-electron chi connectivity index (χ1n) is 7.55. The average molecular weight is 259 g/mol. The van der Waals surface area contributed by atoms with E-state index < -0.39 is 0 Å². The second-order valence-corrected chi connectivity index (χ2v) is 5.82. The van der Waals surface area contributed by atoms with Crippen LogP contribution in [0.25, 0.3) is 0 Å². The molecular weight excluding hydrogens is 237 g/mol. The van der Waals surface area contributed by atoms with Gasteiger partial charge in [0, 0.05) is 12.7 Å². The maximum atomic E-state index is 14.0. The van der Waals surface area contributed by atoms with Gasteiger partial charge in [-0.2, -0.15) is 0 Å². The first kappa shape index (κ1) is 12.7. The number of anilines is 1. The molecule has 0 amide bonds. The second-order valence-electron chi connectivity index (χ2n) is 5.82. The summed E-state index contributed by atoms with van der Waals surface area (Å²) < 4.78 is 14.0. The molecule has 2 heteroatoms. The van der Waals surface area contributed by atoms with Crippen LogP contribution in [-0.2, 0) is 6.42 Å². The maximum Gasteiger partial charge on any atom is 0.147 e. The highest BCUT2D eigenvalue weighted by Crippen LogP contribution is 2.31. The van der Waals surface area contributed by atoms with E-state index in [0.29, 0.717) is 0 Å². The van der Waals surface area contributed by atoms with Gasteiger partial charge in [0.25, 0.3) is 0 Å². The van der Waals surface area contributed by atoms with Gasteiger partial charge in [0.1, 0.15) is 5.82 Å². The Morgan fingerprint density at radius 3 is 2.84 bits per heavy atom. The number of halogens is 1. The smallest absolute Gasteiger partial charge is 0.147 e. The predicted octanol–water partition coefficient (Wildman–Crippen LogP) is 4.67. The number of para-hydroxylation sites is 1. The molecule has 19 heavy (non-hydrogen) atoms. The molecule has 0 bridgehead atoms. The Morgan fingerprint density at radius 1 is 1.16 bits per heavy atom. The molecule has 0 unspecified atom stereocenters. The molecule has 1 nitrogen and oxygen atoms in total. The summed E-state index contributed by atoms with van der Waals surface area (Å²) in [6.07, 6.45) is 13.1. The van der Waals surface area contributed by atoms with Crippen molar-refractivity contribution in [2.75, 3.05) is 11.4 Å². The molecule has 0 spiro atoms. The molecule has 1 aromatic rings. The minimum Gasteiger partial charge on any atom is -0.346 e. The molecular formula is C17H22FN. The fourth-order valence-electron chi connectivity index (χ4n) is 3.41. The van der Waals surface area contributed by atoms with E-state index >= 15 is 0 Å². The molecule has 2 aliphatic rings. The number of fused-ring (bicyclic) bond motifs is 1. The maximum absolute atomic E-state index is 14.0. The number of nitrogens with zero attached hydrogens (tertiary/aromatic N) is 1. The lowest BCUT2D eigenvalue weighted by Gasteiger charge is -2.29. The minimum atomic E-state index is -0.0782. The monoisotopic (exact) mass is 259 g/mol. The van der Waals surface area contributed by atoms with E-state index in [1.807, 2.05) is 12.1 Å². The van der Waals surface area contributed by atoms with Crippen LogP contribution in [0.2, 0.25) is 0 Å². The van der Waals surface area contributed by atoms with Crippen molar-refractivity contribution in [1.29, 1.82) is 0 Å². The van der Waals surface area contributed by atoms with Crippen LogP contribution in [0.3, 0.4) is 0 Å². The average Bonchev–Trinajstić information content (AvgIpc) is 2.46. The van der Waals surface area contributed by atoms with Crippen LogP contribution in [0.4, 0.5) is 10.1 Å². The Morgan fingerprint density at radius 2 is 2.00 bits per heavy atom. The van der Waals surface area contributed by atoms with E-state index in [9.17, 15) is 4.39 Å². The summed E-state index contributed by atoms with van der Waals surface area (Å²) in [5.74, 6) is 0.768. The molecule has 1 aliphatic heterocycles. The third-order valence-corrected chi connectivity index (χ3v) is 4.48. The number of hydrogen-bond donors (Lipinski definition) is 0. The van der Waals surface area contributed by atoms with Crippen molar-refractivity contribution in [3.63, 3.8) is 0 Å². The van der Waals surface area contributed by atoms with E-state index in [-0.39, 0.29) is 5.82 Å².